The Balaban J connectivity index is 1.44. The van der Waals surface area contributed by atoms with E-state index in [1.165, 1.54) is 6.07 Å². The van der Waals surface area contributed by atoms with Crippen LogP contribution in [-0.4, -0.2) is 51.8 Å². The second-order valence-electron chi connectivity index (χ2n) is 11.5. The van der Waals surface area contributed by atoms with Crippen molar-refractivity contribution in [2.75, 3.05) is 13.2 Å². The number of fused-ring (bicyclic) bond motifs is 1. The van der Waals surface area contributed by atoms with E-state index in [4.69, 9.17) is 5.73 Å². The van der Waals surface area contributed by atoms with Crippen LogP contribution in [0.1, 0.15) is 53.6 Å². The van der Waals surface area contributed by atoms with E-state index in [0.29, 0.717) is 47.6 Å². The standard InChI is InChI=1S/C30H35FN4O3/c1-17-26(9-20(10-28(17)31)29(37)33-23-5-6-23)19-4-7-25-27(8-19)21(13-34-15-22(32)11-24(34)16-36)14-35(30(25)38)12-18-2-3-18/h4,7-10,14,18,22-24,36H,2-3,5-6,11-13,15-16,32H2,1H3,(H,33,37)/t22-,24+/m0/s1. The Morgan fingerprint density at radius 2 is 1.95 bits per heavy atom. The normalized spacial score (nSPS) is 21.8. The lowest BCUT2D eigenvalue weighted by Gasteiger charge is -2.24. The van der Waals surface area contributed by atoms with Crippen molar-refractivity contribution < 1.29 is 14.3 Å². The predicted molar refractivity (Wildman–Crippen MR) is 145 cm³/mol. The van der Waals surface area contributed by atoms with E-state index >= 15 is 0 Å². The first-order valence-electron chi connectivity index (χ1n) is 13.7. The van der Waals surface area contributed by atoms with Crippen LogP contribution in [0.5, 0.6) is 0 Å². The van der Waals surface area contributed by atoms with E-state index in [0.717, 1.165) is 48.6 Å². The summed E-state index contributed by atoms with van der Waals surface area (Å²) in [5.41, 5.74) is 9.32. The van der Waals surface area contributed by atoms with E-state index in [2.05, 4.69) is 10.2 Å². The number of aliphatic hydroxyl groups excluding tert-OH is 1. The Bertz CT molecular complexity index is 1460. The monoisotopic (exact) mass is 518 g/mol. The molecule has 2 atom stereocenters. The lowest BCUT2D eigenvalue weighted by Crippen LogP contribution is -2.33. The molecule has 1 aromatic heterocycles. The van der Waals surface area contributed by atoms with Crippen molar-refractivity contribution in [3.05, 3.63) is 69.4 Å². The topological polar surface area (TPSA) is 101 Å². The van der Waals surface area contributed by atoms with Gasteiger partial charge in [-0.25, -0.2) is 4.39 Å². The highest BCUT2D eigenvalue weighted by atomic mass is 19.1. The molecule has 8 heteroatoms. The minimum Gasteiger partial charge on any atom is -0.395 e. The second-order valence-corrected chi connectivity index (χ2v) is 11.5. The quantitative estimate of drug-likeness (QED) is 0.425. The van der Waals surface area contributed by atoms with E-state index < -0.39 is 5.82 Å². The molecule has 2 saturated carbocycles. The van der Waals surface area contributed by atoms with Gasteiger partial charge in [-0.3, -0.25) is 14.5 Å². The van der Waals surface area contributed by atoms with Crippen molar-refractivity contribution in [3.8, 4) is 11.1 Å². The SMILES string of the molecule is Cc1c(F)cc(C(=O)NC2CC2)cc1-c1ccc2c(=O)n(CC3CC3)cc(CN3C[C@@H](N)C[C@@H]3CO)c2c1. The van der Waals surface area contributed by atoms with Crippen LogP contribution in [0.15, 0.2) is 41.3 Å². The number of aliphatic hydroxyl groups is 1. The molecule has 0 unspecified atom stereocenters. The highest BCUT2D eigenvalue weighted by Crippen LogP contribution is 2.33. The van der Waals surface area contributed by atoms with Crippen LogP contribution in [0, 0.1) is 18.7 Å². The summed E-state index contributed by atoms with van der Waals surface area (Å²) < 4.78 is 16.8. The van der Waals surface area contributed by atoms with E-state index in [-0.39, 0.29) is 36.2 Å². The number of nitrogens with two attached hydrogens (primary N) is 1. The number of amides is 1. The lowest BCUT2D eigenvalue weighted by atomic mass is 9.94. The zero-order valence-electron chi connectivity index (χ0n) is 21.8. The van der Waals surface area contributed by atoms with Crippen LogP contribution in [0.4, 0.5) is 4.39 Å². The first kappa shape index (κ1) is 25.2. The van der Waals surface area contributed by atoms with Gasteiger partial charge in [0.05, 0.1) is 6.61 Å². The van der Waals surface area contributed by atoms with Crippen LogP contribution in [0.3, 0.4) is 0 Å². The van der Waals surface area contributed by atoms with Crippen molar-refractivity contribution in [2.45, 2.75) is 70.2 Å². The number of carbonyl (C=O) groups is 1. The molecule has 3 fully saturated rings. The first-order valence-corrected chi connectivity index (χ1v) is 13.7. The Morgan fingerprint density at radius 3 is 2.66 bits per heavy atom. The highest BCUT2D eigenvalue weighted by Gasteiger charge is 2.30. The zero-order chi connectivity index (χ0) is 26.6. The molecule has 0 radical (unpaired) electrons. The summed E-state index contributed by atoms with van der Waals surface area (Å²) in [6.45, 7) is 3.68. The summed E-state index contributed by atoms with van der Waals surface area (Å²) in [6.07, 6.45) is 6.88. The van der Waals surface area contributed by atoms with Crippen molar-refractivity contribution >= 4 is 16.7 Å². The summed E-state index contributed by atoms with van der Waals surface area (Å²) in [6, 6.07) is 8.82. The van der Waals surface area contributed by atoms with Crippen molar-refractivity contribution in [3.63, 3.8) is 0 Å². The van der Waals surface area contributed by atoms with Gasteiger partial charge in [0.15, 0.2) is 0 Å². The number of nitrogens with one attached hydrogen (secondary N) is 1. The second kappa shape index (κ2) is 9.91. The third-order valence-corrected chi connectivity index (χ3v) is 8.29. The van der Waals surface area contributed by atoms with Gasteiger partial charge < -0.3 is 20.7 Å². The molecular formula is C30H35FN4O3. The molecule has 1 saturated heterocycles. The fraction of sp³-hybridized carbons (Fsp3) is 0.467. The number of hydrogen-bond acceptors (Lipinski definition) is 5. The molecule has 2 aromatic carbocycles. The molecule has 2 aliphatic carbocycles. The number of halogens is 1. The van der Waals surface area contributed by atoms with E-state index in [9.17, 15) is 19.1 Å². The maximum Gasteiger partial charge on any atom is 0.258 e. The molecule has 4 N–H and O–H groups in total. The van der Waals surface area contributed by atoms with Gasteiger partial charge >= 0.3 is 0 Å². The fourth-order valence-corrected chi connectivity index (χ4v) is 5.71. The molecule has 1 amide bonds. The number of aromatic nitrogens is 1. The molecule has 0 spiro atoms. The molecule has 3 aliphatic rings. The highest BCUT2D eigenvalue weighted by molar-refractivity contribution is 5.97. The van der Waals surface area contributed by atoms with Crippen molar-refractivity contribution in [1.29, 1.82) is 0 Å². The van der Waals surface area contributed by atoms with E-state index in [1.54, 1.807) is 13.0 Å². The third-order valence-electron chi connectivity index (χ3n) is 8.29. The Labute approximate surface area is 221 Å². The predicted octanol–water partition coefficient (Wildman–Crippen LogP) is 3.31. The molecule has 7 nitrogen and oxygen atoms in total. The molecule has 6 rings (SSSR count). The van der Waals surface area contributed by atoms with Crippen LogP contribution >= 0.6 is 0 Å². The van der Waals surface area contributed by atoms with Gasteiger partial charge in [-0.1, -0.05) is 6.07 Å². The van der Waals surface area contributed by atoms with Gasteiger partial charge in [0.2, 0.25) is 0 Å². The average molecular weight is 519 g/mol. The van der Waals surface area contributed by atoms with Gasteiger partial charge in [-0.15, -0.1) is 0 Å². The minimum absolute atomic E-state index is 0.00138. The molecule has 1 aliphatic heterocycles. The average Bonchev–Trinajstić information content (AvgIpc) is 3.84. The van der Waals surface area contributed by atoms with Crippen LogP contribution in [0.2, 0.25) is 0 Å². The van der Waals surface area contributed by atoms with Crippen molar-refractivity contribution in [1.82, 2.24) is 14.8 Å². The Hall–Kier alpha value is -3.07. The molecule has 0 bridgehead atoms. The largest absolute Gasteiger partial charge is 0.395 e. The van der Waals surface area contributed by atoms with Crippen LogP contribution in [0.25, 0.3) is 21.9 Å². The number of pyridine rings is 1. The summed E-state index contributed by atoms with van der Waals surface area (Å²) in [5.74, 6) is -0.157. The maximum absolute atomic E-state index is 15.0. The number of carbonyl (C=O) groups excluding carboxylic acids is 1. The number of nitrogens with zero attached hydrogens (tertiary/aromatic N) is 2. The summed E-state index contributed by atoms with van der Waals surface area (Å²) in [4.78, 5) is 28.3. The Morgan fingerprint density at radius 1 is 1.16 bits per heavy atom. The van der Waals surface area contributed by atoms with Crippen LogP contribution < -0.4 is 16.6 Å². The summed E-state index contributed by atoms with van der Waals surface area (Å²) in [7, 11) is 0. The maximum atomic E-state index is 15.0. The summed E-state index contributed by atoms with van der Waals surface area (Å²) in [5, 5.41) is 14.3. The van der Waals surface area contributed by atoms with Gasteiger partial charge in [0.25, 0.3) is 11.5 Å². The number of rotatable bonds is 8. The number of hydrogen-bond donors (Lipinski definition) is 3. The lowest BCUT2D eigenvalue weighted by molar-refractivity contribution is 0.0950. The molecule has 2 heterocycles. The Kier molecular flexibility index (Phi) is 6.58. The van der Waals surface area contributed by atoms with Gasteiger partial charge in [-0.2, -0.15) is 0 Å². The third kappa shape index (κ3) is 5.00. The smallest absolute Gasteiger partial charge is 0.258 e. The van der Waals surface area contributed by atoms with Crippen molar-refractivity contribution in [2.24, 2.45) is 11.7 Å². The van der Waals surface area contributed by atoms with E-state index in [1.807, 2.05) is 29.0 Å². The molecule has 200 valence electrons. The van der Waals surface area contributed by atoms with Gasteiger partial charge in [-0.05, 0) is 96.9 Å². The number of benzene rings is 2. The zero-order valence-corrected chi connectivity index (χ0v) is 21.8. The van der Waals surface area contributed by atoms with Gasteiger partial charge in [0.1, 0.15) is 5.82 Å². The molecule has 38 heavy (non-hydrogen) atoms. The first-order chi connectivity index (χ1) is 18.3. The minimum atomic E-state index is -0.430. The molecule has 3 aromatic rings. The number of likely N-dealkylation sites (tertiary alicyclic amines) is 1. The summed E-state index contributed by atoms with van der Waals surface area (Å²) >= 11 is 0. The van der Waals surface area contributed by atoms with Crippen LogP contribution in [-0.2, 0) is 13.1 Å². The fourth-order valence-electron chi connectivity index (χ4n) is 5.71. The molecular weight excluding hydrogens is 483 g/mol. The van der Waals surface area contributed by atoms with Gasteiger partial charge in [0, 0.05) is 54.9 Å².